The minimum atomic E-state index is 0.928. The monoisotopic (exact) mass is 796 g/mol. The highest BCUT2D eigenvalue weighted by molar-refractivity contribution is 5.82. The molecule has 8 aromatic rings. The first kappa shape index (κ1) is 38.5. The average molecular weight is 797 g/mol. The minimum absolute atomic E-state index is 0.928. The highest BCUT2D eigenvalue weighted by atomic mass is 15.2. The molecule has 8 aromatic carbocycles. The maximum absolute atomic E-state index is 2.43. The second-order valence-electron chi connectivity index (χ2n) is 16.0. The summed E-state index contributed by atoms with van der Waals surface area (Å²) in [6, 6.07) is 76.8. The molecule has 10 rings (SSSR count). The van der Waals surface area contributed by atoms with E-state index in [1.807, 2.05) is 0 Å². The van der Waals surface area contributed by atoms with Gasteiger partial charge in [-0.15, -0.1) is 0 Å². The number of hydrogen-bond acceptors (Lipinski definition) is 2. The predicted octanol–water partition coefficient (Wildman–Crippen LogP) is 16.8. The lowest BCUT2D eigenvalue weighted by Crippen LogP contribution is -2.18. The summed E-state index contributed by atoms with van der Waals surface area (Å²) < 4.78 is 0. The van der Waals surface area contributed by atoms with Gasteiger partial charge in [0.05, 0.1) is 0 Å². The number of allylic oxidation sites excluding steroid dienone is 8. The quantitative estimate of drug-likeness (QED) is 0.129. The van der Waals surface area contributed by atoms with Gasteiger partial charge in [0.1, 0.15) is 0 Å². The van der Waals surface area contributed by atoms with Gasteiger partial charge in [0, 0.05) is 34.1 Å². The molecular formula is C60H48N2. The lowest BCUT2D eigenvalue weighted by atomic mass is 9.94. The molecule has 0 saturated carbocycles. The zero-order valence-electron chi connectivity index (χ0n) is 34.8. The van der Waals surface area contributed by atoms with Crippen molar-refractivity contribution in [3.05, 3.63) is 260 Å². The van der Waals surface area contributed by atoms with Gasteiger partial charge in [0.25, 0.3) is 0 Å². The first-order valence-electron chi connectivity index (χ1n) is 21.8. The third-order valence-corrected chi connectivity index (χ3v) is 12.1. The summed E-state index contributed by atoms with van der Waals surface area (Å²) in [5.74, 6) is 0. The maximum Gasteiger partial charge on any atom is 0.0462 e. The van der Waals surface area contributed by atoms with Crippen LogP contribution in [-0.4, -0.2) is 0 Å². The summed E-state index contributed by atoms with van der Waals surface area (Å²) in [5, 5.41) is 0. The maximum atomic E-state index is 2.43. The molecule has 62 heavy (non-hydrogen) atoms. The van der Waals surface area contributed by atoms with Crippen molar-refractivity contribution in [3.63, 3.8) is 0 Å². The van der Waals surface area contributed by atoms with Crippen LogP contribution in [-0.2, 0) is 0 Å². The summed E-state index contributed by atoms with van der Waals surface area (Å²) in [4.78, 5) is 4.79. The normalized spacial score (nSPS) is 13.5. The first-order chi connectivity index (χ1) is 30.7. The molecule has 0 radical (unpaired) electrons. The van der Waals surface area contributed by atoms with E-state index in [2.05, 4.69) is 253 Å². The molecule has 0 aliphatic heterocycles. The van der Waals surface area contributed by atoms with Crippen molar-refractivity contribution in [1.29, 1.82) is 0 Å². The topological polar surface area (TPSA) is 6.48 Å². The molecule has 0 spiro atoms. The third-order valence-electron chi connectivity index (χ3n) is 12.1. The summed E-state index contributed by atoms with van der Waals surface area (Å²) in [7, 11) is 0. The Labute approximate surface area is 366 Å². The van der Waals surface area contributed by atoms with Crippen LogP contribution in [0.3, 0.4) is 0 Å². The molecule has 0 aromatic heterocycles. The fraction of sp³-hybridized carbons (Fsp3) is 0.0667. The molecule has 2 aliphatic rings. The van der Waals surface area contributed by atoms with Gasteiger partial charge in [-0.05, 0) is 148 Å². The molecule has 0 unspecified atom stereocenters. The van der Waals surface area contributed by atoms with Crippen molar-refractivity contribution in [3.8, 4) is 33.4 Å². The van der Waals surface area contributed by atoms with Crippen LogP contribution in [0.5, 0.6) is 0 Å². The second-order valence-corrected chi connectivity index (χ2v) is 16.0. The molecule has 2 aliphatic carbocycles. The Bertz CT molecular complexity index is 2790. The second kappa shape index (κ2) is 17.9. The zero-order chi connectivity index (χ0) is 41.5. The van der Waals surface area contributed by atoms with Gasteiger partial charge >= 0.3 is 0 Å². The third kappa shape index (κ3) is 8.37. The molecular weight excluding hydrogens is 749 g/mol. The number of anilines is 5. The Morgan fingerprint density at radius 2 is 0.661 bits per heavy atom. The van der Waals surface area contributed by atoms with E-state index in [1.165, 1.54) is 67.0 Å². The van der Waals surface area contributed by atoms with E-state index in [0.29, 0.717) is 0 Å². The SMILES string of the molecule is C1=CC(c2ccc(N(C3=CC=C(c4ccc(N(c5ccc(-c6ccccc6)cc5)c5ccc(-c6ccccc6)cc5)cc4)CC3)c3ccc(-c4ccccc4)cc3)cc2)=CCC1. The van der Waals surface area contributed by atoms with Crippen LogP contribution in [0.25, 0.3) is 44.5 Å². The van der Waals surface area contributed by atoms with Gasteiger partial charge in [-0.3, -0.25) is 0 Å². The van der Waals surface area contributed by atoms with Crippen LogP contribution in [0.1, 0.15) is 36.8 Å². The van der Waals surface area contributed by atoms with Gasteiger partial charge in [-0.1, -0.05) is 176 Å². The summed E-state index contributed by atoms with van der Waals surface area (Å²) in [5.41, 5.74) is 19.4. The minimum Gasteiger partial charge on any atom is -0.314 e. The van der Waals surface area contributed by atoms with Crippen LogP contribution in [0, 0.1) is 0 Å². The van der Waals surface area contributed by atoms with E-state index >= 15 is 0 Å². The Kier molecular flexibility index (Phi) is 11.1. The molecule has 2 nitrogen and oxygen atoms in total. The van der Waals surface area contributed by atoms with Crippen LogP contribution in [0.4, 0.5) is 28.4 Å². The van der Waals surface area contributed by atoms with Crippen molar-refractivity contribution in [2.45, 2.75) is 25.7 Å². The predicted molar refractivity (Wildman–Crippen MR) is 264 cm³/mol. The van der Waals surface area contributed by atoms with Gasteiger partial charge < -0.3 is 9.80 Å². The van der Waals surface area contributed by atoms with Crippen molar-refractivity contribution in [2.24, 2.45) is 0 Å². The van der Waals surface area contributed by atoms with Crippen LogP contribution in [0.2, 0.25) is 0 Å². The molecule has 0 heterocycles. The molecule has 2 heteroatoms. The molecule has 0 fully saturated rings. The van der Waals surface area contributed by atoms with E-state index < -0.39 is 0 Å². The highest BCUT2D eigenvalue weighted by Crippen LogP contribution is 2.40. The molecule has 0 N–H and O–H groups in total. The standard InChI is InChI=1S/C60H48N2/c1-5-13-45(14-6-1)49-21-33-55(34-22-49)61(56-35-23-50(24-36-56)46-15-7-2-8-16-46)59-41-29-53(30-42-59)54-31-43-60(44-32-54)62(57-37-25-51(26-38-57)47-17-9-3-10-18-47)58-39-27-52(28-40-58)48-19-11-4-12-20-48/h1-3,5-11,13-31,33-43H,4,12,32,44H2. The van der Waals surface area contributed by atoms with Crippen molar-refractivity contribution in [2.75, 3.05) is 9.80 Å². The summed E-state index contributed by atoms with van der Waals surface area (Å²) in [6.45, 7) is 0. The molecule has 0 atom stereocenters. The van der Waals surface area contributed by atoms with Crippen molar-refractivity contribution < 1.29 is 0 Å². The number of hydrogen-bond donors (Lipinski definition) is 0. The van der Waals surface area contributed by atoms with Crippen LogP contribution >= 0.6 is 0 Å². The van der Waals surface area contributed by atoms with E-state index in [9.17, 15) is 0 Å². The average Bonchev–Trinajstić information content (AvgIpc) is 3.36. The van der Waals surface area contributed by atoms with E-state index in [4.69, 9.17) is 0 Å². The van der Waals surface area contributed by atoms with Crippen LogP contribution < -0.4 is 9.80 Å². The fourth-order valence-electron chi connectivity index (χ4n) is 8.74. The highest BCUT2D eigenvalue weighted by Gasteiger charge is 2.20. The number of rotatable bonds is 11. The van der Waals surface area contributed by atoms with E-state index in [1.54, 1.807) is 0 Å². The molecule has 298 valence electrons. The van der Waals surface area contributed by atoms with E-state index in [-0.39, 0.29) is 0 Å². The van der Waals surface area contributed by atoms with Gasteiger partial charge in [-0.25, -0.2) is 0 Å². The Morgan fingerprint density at radius 3 is 1.03 bits per heavy atom. The molecule has 0 bridgehead atoms. The van der Waals surface area contributed by atoms with Crippen LogP contribution in [0.15, 0.2) is 248 Å². The summed E-state index contributed by atoms with van der Waals surface area (Å²) in [6.07, 6.45) is 15.6. The number of nitrogens with zero attached hydrogens (tertiary/aromatic N) is 2. The lowest BCUT2D eigenvalue weighted by molar-refractivity contribution is 0.930. The van der Waals surface area contributed by atoms with Crippen molar-refractivity contribution >= 4 is 39.6 Å². The molecule has 0 amide bonds. The lowest BCUT2D eigenvalue weighted by Gasteiger charge is -2.30. The Hall–Kier alpha value is -7.68. The smallest absolute Gasteiger partial charge is 0.0462 e. The van der Waals surface area contributed by atoms with Gasteiger partial charge in [0.2, 0.25) is 0 Å². The largest absolute Gasteiger partial charge is 0.314 e. The van der Waals surface area contributed by atoms with Gasteiger partial charge in [-0.2, -0.15) is 0 Å². The Balaban J connectivity index is 0.952. The summed E-state index contributed by atoms with van der Waals surface area (Å²) >= 11 is 0. The van der Waals surface area contributed by atoms with Crippen molar-refractivity contribution in [1.82, 2.24) is 0 Å². The Morgan fingerprint density at radius 1 is 0.290 bits per heavy atom. The van der Waals surface area contributed by atoms with E-state index in [0.717, 1.165) is 48.4 Å². The fourth-order valence-corrected chi connectivity index (χ4v) is 8.74. The first-order valence-corrected chi connectivity index (χ1v) is 21.8. The van der Waals surface area contributed by atoms with Gasteiger partial charge in [0.15, 0.2) is 0 Å². The number of benzene rings is 8. The zero-order valence-corrected chi connectivity index (χ0v) is 34.8. The molecule has 0 saturated heterocycles.